The van der Waals surface area contributed by atoms with E-state index in [1.807, 2.05) is 13.8 Å². The molecule has 3 aromatic carbocycles. The van der Waals surface area contributed by atoms with Gasteiger partial charge in [-0.05, 0) is 60.0 Å². The van der Waals surface area contributed by atoms with E-state index in [-0.39, 0.29) is 5.92 Å². The fourth-order valence-electron chi connectivity index (χ4n) is 4.02. The molecule has 36 heavy (non-hydrogen) atoms. The van der Waals surface area contributed by atoms with E-state index in [9.17, 15) is 20.0 Å². The van der Waals surface area contributed by atoms with Crippen LogP contribution in [0.3, 0.4) is 0 Å². The van der Waals surface area contributed by atoms with Crippen LogP contribution in [-0.2, 0) is 4.79 Å². The molecule has 0 fully saturated rings. The Balaban J connectivity index is 1.56. The zero-order valence-electron chi connectivity index (χ0n) is 19.9. The van der Waals surface area contributed by atoms with Crippen LogP contribution in [0.1, 0.15) is 59.7 Å². The lowest BCUT2D eigenvalue weighted by Crippen LogP contribution is -2.44. The minimum absolute atomic E-state index is 0.144. The van der Waals surface area contributed by atoms with Crippen molar-refractivity contribution in [1.82, 2.24) is 10.3 Å². The number of aromatic nitrogens is 1. The summed E-state index contributed by atoms with van der Waals surface area (Å²) in [6.07, 6.45) is 0. The van der Waals surface area contributed by atoms with Crippen molar-refractivity contribution in [3.8, 4) is 17.5 Å². The maximum atomic E-state index is 12.9. The Morgan fingerprint density at radius 3 is 2.31 bits per heavy atom. The van der Waals surface area contributed by atoms with Gasteiger partial charge in [-0.1, -0.05) is 44.5 Å². The van der Waals surface area contributed by atoms with Crippen LogP contribution >= 0.6 is 11.6 Å². The lowest BCUT2D eigenvalue weighted by Gasteiger charge is -2.22. The molecule has 0 spiro atoms. The number of nitrogens with zero attached hydrogens (tertiary/aromatic N) is 2. The van der Waals surface area contributed by atoms with Gasteiger partial charge in [0.1, 0.15) is 11.6 Å². The number of carboxylic acid groups (broad SMARTS) is 1. The number of carbonyl (C=O) groups is 2. The zero-order chi connectivity index (χ0) is 26.0. The number of carboxylic acids is 1. The van der Waals surface area contributed by atoms with E-state index in [1.165, 1.54) is 0 Å². The number of rotatable bonds is 7. The summed E-state index contributed by atoms with van der Waals surface area (Å²) in [4.78, 5) is 29.3. The predicted molar refractivity (Wildman–Crippen MR) is 137 cm³/mol. The monoisotopic (exact) mass is 501 g/mol. The molecule has 182 valence electrons. The summed E-state index contributed by atoms with van der Waals surface area (Å²) in [6.45, 7) is 5.77. The first-order valence-corrected chi connectivity index (χ1v) is 11.8. The quantitative estimate of drug-likeness (QED) is 0.314. The highest BCUT2D eigenvalue weighted by Crippen LogP contribution is 2.31. The van der Waals surface area contributed by atoms with Crippen LogP contribution in [-0.4, -0.2) is 28.0 Å². The van der Waals surface area contributed by atoms with Gasteiger partial charge >= 0.3 is 5.97 Å². The lowest BCUT2D eigenvalue weighted by atomic mass is 9.93. The van der Waals surface area contributed by atoms with Gasteiger partial charge in [0, 0.05) is 27.6 Å². The summed E-state index contributed by atoms with van der Waals surface area (Å²) >= 11 is 5.93. The number of nitrogens with one attached hydrogen (secondary N) is 1. The summed E-state index contributed by atoms with van der Waals surface area (Å²) in [5, 5.41) is 22.2. The Labute approximate surface area is 213 Å². The number of aliphatic carboxylic acids is 1. The van der Waals surface area contributed by atoms with E-state index in [0.717, 1.165) is 11.1 Å². The molecule has 0 aliphatic heterocycles. The molecule has 1 heterocycles. The summed E-state index contributed by atoms with van der Waals surface area (Å²) in [5.74, 6) is -1.60. The number of hydrogen-bond acceptors (Lipinski definition) is 5. The van der Waals surface area contributed by atoms with E-state index in [0.29, 0.717) is 38.7 Å². The van der Waals surface area contributed by atoms with Gasteiger partial charge < -0.3 is 14.8 Å². The van der Waals surface area contributed by atoms with Gasteiger partial charge in [0.15, 0.2) is 5.58 Å². The van der Waals surface area contributed by atoms with Crippen LogP contribution in [0, 0.1) is 11.3 Å². The zero-order valence-corrected chi connectivity index (χ0v) is 20.7. The average molecular weight is 502 g/mol. The molecule has 1 amide bonds. The normalized spacial score (nSPS) is 12.8. The van der Waals surface area contributed by atoms with Crippen molar-refractivity contribution < 1.29 is 19.1 Å². The highest BCUT2D eigenvalue weighted by molar-refractivity contribution is 6.30. The molecular formula is C28H24ClN3O4. The molecule has 4 rings (SSSR count). The maximum absolute atomic E-state index is 12.9. The number of nitriles is 1. The van der Waals surface area contributed by atoms with Gasteiger partial charge in [-0.2, -0.15) is 5.26 Å². The number of carbonyl (C=O) groups excluding carboxylic acids is 1. The van der Waals surface area contributed by atoms with Gasteiger partial charge in [-0.25, -0.2) is 9.78 Å². The molecular weight excluding hydrogens is 478 g/mol. The molecule has 0 saturated heterocycles. The Hall–Kier alpha value is -4.15. The van der Waals surface area contributed by atoms with Gasteiger partial charge in [0.25, 0.3) is 5.91 Å². The number of amides is 1. The fraction of sp³-hybridized carbons (Fsp3) is 0.214. The van der Waals surface area contributed by atoms with E-state index in [4.69, 9.17) is 16.0 Å². The fourth-order valence-corrected chi connectivity index (χ4v) is 4.15. The third-order valence-corrected chi connectivity index (χ3v) is 6.36. The number of halogens is 1. The number of oxazole rings is 1. The smallest absolute Gasteiger partial charge is 0.326 e. The third-order valence-electron chi connectivity index (χ3n) is 6.11. The van der Waals surface area contributed by atoms with Gasteiger partial charge in [-0.15, -0.1) is 0 Å². The van der Waals surface area contributed by atoms with Gasteiger partial charge in [0.05, 0.1) is 11.6 Å². The van der Waals surface area contributed by atoms with Gasteiger partial charge in [0.2, 0.25) is 5.89 Å². The Bertz CT molecular complexity index is 1470. The molecule has 0 aliphatic rings. The lowest BCUT2D eigenvalue weighted by molar-refractivity contribution is -0.139. The van der Waals surface area contributed by atoms with E-state index >= 15 is 0 Å². The minimum atomic E-state index is -1.13. The van der Waals surface area contributed by atoms with E-state index in [2.05, 4.69) is 16.4 Å². The summed E-state index contributed by atoms with van der Waals surface area (Å²) in [7, 11) is 0. The first-order valence-electron chi connectivity index (χ1n) is 11.4. The van der Waals surface area contributed by atoms with Crippen molar-refractivity contribution in [3.05, 3.63) is 87.9 Å². The van der Waals surface area contributed by atoms with Crippen LogP contribution < -0.4 is 5.32 Å². The maximum Gasteiger partial charge on any atom is 0.326 e. The Morgan fingerprint density at radius 2 is 1.72 bits per heavy atom. The molecule has 0 bridgehead atoms. The van der Waals surface area contributed by atoms with Crippen LogP contribution in [0.25, 0.3) is 22.6 Å². The standard InChI is InChI=1S/C28H24ClN3O4/c1-15(2)22-12-17(14-30)13-23-25(22)36-27(31-23)20-6-4-19(5-7-20)26(33)32-24(28(34)35)16(3)18-8-10-21(29)11-9-18/h4-13,15-16,24H,1-3H3,(H,32,33)(H,34,35). The Kier molecular flexibility index (Phi) is 7.09. The SMILES string of the molecule is CC(C)c1cc(C#N)cc2nc(-c3ccc(C(=O)NC(C(=O)O)C(C)c4ccc(Cl)cc4)cc3)oc12. The van der Waals surface area contributed by atoms with Crippen LogP contribution in [0.4, 0.5) is 0 Å². The number of hydrogen-bond donors (Lipinski definition) is 2. The van der Waals surface area contributed by atoms with Crippen LogP contribution in [0.15, 0.2) is 65.1 Å². The second kappa shape index (κ2) is 10.2. The largest absolute Gasteiger partial charge is 0.480 e. The Morgan fingerprint density at radius 1 is 1.06 bits per heavy atom. The number of benzene rings is 3. The molecule has 2 unspecified atom stereocenters. The average Bonchev–Trinajstić information content (AvgIpc) is 3.30. The van der Waals surface area contributed by atoms with Crippen molar-refractivity contribution in [2.75, 3.05) is 0 Å². The van der Waals surface area contributed by atoms with Crippen molar-refractivity contribution in [2.45, 2.75) is 38.6 Å². The van der Waals surface area contributed by atoms with E-state index < -0.39 is 23.8 Å². The molecule has 4 aromatic rings. The molecule has 7 nitrogen and oxygen atoms in total. The summed E-state index contributed by atoms with van der Waals surface area (Å²) in [5.41, 5.74) is 4.33. The van der Waals surface area contributed by atoms with E-state index in [1.54, 1.807) is 67.6 Å². The topological polar surface area (TPSA) is 116 Å². The molecule has 0 aliphatic carbocycles. The van der Waals surface area contributed by atoms with Crippen molar-refractivity contribution in [3.63, 3.8) is 0 Å². The van der Waals surface area contributed by atoms with Crippen molar-refractivity contribution >= 4 is 34.6 Å². The molecule has 8 heteroatoms. The molecule has 0 saturated carbocycles. The highest BCUT2D eigenvalue weighted by Gasteiger charge is 2.28. The molecule has 2 N–H and O–H groups in total. The van der Waals surface area contributed by atoms with Gasteiger partial charge in [-0.3, -0.25) is 4.79 Å². The van der Waals surface area contributed by atoms with Crippen molar-refractivity contribution in [1.29, 1.82) is 5.26 Å². The first kappa shape index (κ1) is 25.0. The predicted octanol–water partition coefficient (Wildman–Crippen LogP) is 6.13. The highest BCUT2D eigenvalue weighted by atomic mass is 35.5. The summed E-state index contributed by atoms with van der Waals surface area (Å²) < 4.78 is 6.02. The molecule has 1 aromatic heterocycles. The molecule has 2 atom stereocenters. The summed E-state index contributed by atoms with van der Waals surface area (Å²) in [6, 6.07) is 17.9. The minimum Gasteiger partial charge on any atom is -0.480 e. The molecule has 0 radical (unpaired) electrons. The third kappa shape index (κ3) is 5.09. The first-order chi connectivity index (χ1) is 17.2. The number of fused-ring (bicyclic) bond motifs is 1. The van der Waals surface area contributed by atoms with Crippen LogP contribution in [0.2, 0.25) is 5.02 Å². The second-order valence-corrected chi connectivity index (χ2v) is 9.34. The van der Waals surface area contributed by atoms with Crippen LogP contribution in [0.5, 0.6) is 0 Å². The van der Waals surface area contributed by atoms with Crippen molar-refractivity contribution in [2.24, 2.45) is 0 Å². The second-order valence-electron chi connectivity index (χ2n) is 8.91.